The molecule has 0 saturated heterocycles. The smallest absolute Gasteiger partial charge is 0.240 e. The maximum atomic E-state index is 12.6. The van der Waals surface area contributed by atoms with Gasteiger partial charge in [0.25, 0.3) is 0 Å². The lowest BCUT2D eigenvalue weighted by Crippen LogP contribution is -2.26. The number of hydrogen-bond acceptors (Lipinski definition) is 5. The molecule has 1 aromatic heterocycles. The molecule has 0 saturated carbocycles. The molecule has 0 bridgehead atoms. The number of fused-ring (bicyclic) bond motifs is 1. The zero-order valence-corrected chi connectivity index (χ0v) is 13.9. The number of benzene rings is 2. The van der Waals surface area contributed by atoms with Crippen molar-refractivity contribution in [3.63, 3.8) is 0 Å². The van der Waals surface area contributed by atoms with Gasteiger partial charge >= 0.3 is 0 Å². The van der Waals surface area contributed by atoms with Gasteiger partial charge in [-0.25, -0.2) is 13.4 Å². The fourth-order valence-corrected chi connectivity index (χ4v) is 4.38. The van der Waals surface area contributed by atoms with E-state index in [2.05, 4.69) is 4.98 Å². The minimum absolute atomic E-state index is 0.167. The predicted octanol–water partition coefficient (Wildman–Crippen LogP) is 2.99. The molecule has 3 aromatic rings. The Balaban J connectivity index is 1.85. The quantitative estimate of drug-likeness (QED) is 0.730. The Morgan fingerprint density at radius 2 is 1.87 bits per heavy atom. The molecule has 1 heterocycles. The number of thiazole rings is 1. The summed E-state index contributed by atoms with van der Waals surface area (Å²) < 4.78 is 27.4. The van der Waals surface area contributed by atoms with Crippen molar-refractivity contribution in [2.24, 2.45) is 0 Å². The van der Waals surface area contributed by atoms with Crippen LogP contribution in [0.15, 0.2) is 53.4 Å². The summed E-state index contributed by atoms with van der Waals surface area (Å²) in [6, 6.07) is 15.6. The van der Waals surface area contributed by atoms with Crippen molar-refractivity contribution in [3.8, 4) is 6.07 Å². The van der Waals surface area contributed by atoms with Crippen LogP contribution in [0.1, 0.15) is 10.6 Å². The third-order valence-electron chi connectivity index (χ3n) is 3.39. The zero-order valence-electron chi connectivity index (χ0n) is 12.3. The van der Waals surface area contributed by atoms with E-state index in [0.29, 0.717) is 5.56 Å². The Bertz CT molecular complexity index is 953. The number of hydrogen-bond donors (Lipinski definition) is 0. The van der Waals surface area contributed by atoms with Gasteiger partial charge in [-0.15, -0.1) is 11.3 Å². The number of para-hydroxylation sites is 1. The maximum absolute atomic E-state index is 12.6. The fraction of sp³-hybridized carbons (Fsp3) is 0.125. The molecule has 0 spiro atoms. The first-order valence-corrected chi connectivity index (χ1v) is 9.07. The summed E-state index contributed by atoms with van der Waals surface area (Å²) in [7, 11) is -2.08. The number of sulfonamides is 1. The monoisotopic (exact) mass is 343 g/mol. The molecule has 0 aliphatic heterocycles. The Morgan fingerprint density at radius 3 is 2.52 bits per heavy atom. The molecule has 0 aliphatic rings. The van der Waals surface area contributed by atoms with Crippen molar-refractivity contribution in [1.29, 1.82) is 5.26 Å². The van der Waals surface area contributed by atoms with Crippen LogP contribution in [0.3, 0.4) is 0 Å². The highest BCUT2D eigenvalue weighted by atomic mass is 32.2. The van der Waals surface area contributed by atoms with Crippen LogP contribution in [-0.2, 0) is 16.6 Å². The van der Waals surface area contributed by atoms with Crippen LogP contribution >= 0.6 is 11.3 Å². The zero-order chi connectivity index (χ0) is 16.4. The summed E-state index contributed by atoms with van der Waals surface area (Å²) in [6.45, 7) is 0.210. The number of nitriles is 1. The van der Waals surface area contributed by atoms with E-state index in [-0.39, 0.29) is 11.4 Å². The predicted molar refractivity (Wildman–Crippen MR) is 89.4 cm³/mol. The normalized spacial score (nSPS) is 11.7. The van der Waals surface area contributed by atoms with Crippen molar-refractivity contribution in [1.82, 2.24) is 9.29 Å². The van der Waals surface area contributed by atoms with Gasteiger partial charge in [0, 0.05) is 7.05 Å². The van der Waals surface area contributed by atoms with Gasteiger partial charge in [-0.1, -0.05) is 12.1 Å². The van der Waals surface area contributed by atoms with Crippen molar-refractivity contribution in [3.05, 3.63) is 59.1 Å². The van der Waals surface area contributed by atoms with Crippen LogP contribution in [0, 0.1) is 11.3 Å². The molecule has 0 N–H and O–H groups in total. The highest BCUT2D eigenvalue weighted by Crippen LogP contribution is 2.24. The van der Waals surface area contributed by atoms with E-state index >= 15 is 0 Å². The van der Waals surface area contributed by atoms with E-state index in [1.807, 2.05) is 30.3 Å². The fourth-order valence-electron chi connectivity index (χ4n) is 2.14. The Labute approximate surface area is 138 Å². The van der Waals surface area contributed by atoms with Gasteiger partial charge in [0.05, 0.1) is 33.3 Å². The van der Waals surface area contributed by atoms with Crippen LogP contribution < -0.4 is 0 Å². The van der Waals surface area contributed by atoms with Crippen LogP contribution in [0.5, 0.6) is 0 Å². The topological polar surface area (TPSA) is 74.1 Å². The molecule has 23 heavy (non-hydrogen) atoms. The summed E-state index contributed by atoms with van der Waals surface area (Å²) in [5.41, 5.74) is 1.30. The summed E-state index contributed by atoms with van der Waals surface area (Å²) in [5.74, 6) is 0. The molecule has 0 amide bonds. The van der Waals surface area contributed by atoms with Crippen LogP contribution in [-0.4, -0.2) is 24.8 Å². The van der Waals surface area contributed by atoms with E-state index in [9.17, 15) is 8.42 Å². The van der Waals surface area contributed by atoms with Crippen molar-refractivity contribution in [2.75, 3.05) is 7.05 Å². The molecular formula is C16H13N3O2S2. The average Bonchev–Trinajstić information content (AvgIpc) is 2.97. The standard InChI is InChI=1S/C16H13N3O2S2/c1-19(11-16-18-14-4-2-3-5-15(14)22-16)23(20,21)13-8-6-12(10-17)7-9-13/h2-9H,11H2,1H3. The number of rotatable bonds is 4. The summed E-state index contributed by atoms with van der Waals surface area (Å²) in [6.07, 6.45) is 0. The number of aromatic nitrogens is 1. The molecule has 7 heteroatoms. The van der Waals surface area contributed by atoms with Gasteiger partial charge in [-0.05, 0) is 36.4 Å². The van der Waals surface area contributed by atoms with E-state index in [4.69, 9.17) is 5.26 Å². The minimum Gasteiger partial charge on any atom is -0.240 e. The lowest BCUT2D eigenvalue weighted by atomic mass is 10.2. The Hall–Kier alpha value is -2.27. The van der Waals surface area contributed by atoms with E-state index in [0.717, 1.165) is 15.2 Å². The Morgan fingerprint density at radius 1 is 1.17 bits per heavy atom. The number of nitrogens with zero attached hydrogens (tertiary/aromatic N) is 3. The second kappa shape index (κ2) is 6.08. The van der Waals surface area contributed by atoms with Gasteiger partial charge in [0.2, 0.25) is 10.0 Å². The van der Waals surface area contributed by atoms with Gasteiger partial charge in [0.1, 0.15) is 5.01 Å². The van der Waals surface area contributed by atoms with Crippen molar-refractivity contribution >= 4 is 31.6 Å². The van der Waals surface area contributed by atoms with Crippen LogP contribution in [0.4, 0.5) is 0 Å². The van der Waals surface area contributed by atoms with Crippen LogP contribution in [0.2, 0.25) is 0 Å². The molecule has 0 atom stereocenters. The Kier molecular flexibility index (Phi) is 4.13. The third-order valence-corrected chi connectivity index (χ3v) is 6.23. The molecule has 3 rings (SSSR count). The van der Waals surface area contributed by atoms with Crippen molar-refractivity contribution < 1.29 is 8.42 Å². The molecule has 116 valence electrons. The summed E-state index contributed by atoms with van der Waals surface area (Å²) in [4.78, 5) is 4.62. The SMILES string of the molecule is CN(Cc1nc2ccccc2s1)S(=O)(=O)c1ccc(C#N)cc1. The average molecular weight is 343 g/mol. The van der Waals surface area contributed by atoms with E-state index < -0.39 is 10.0 Å². The second-order valence-electron chi connectivity index (χ2n) is 4.97. The molecule has 0 aliphatic carbocycles. The summed E-state index contributed by atoms with van der Waals surface area (Å²) >= 11 is 1.48. The third kappa shape index (κ3) is 3.10. The van der Waals surface area contributed by atoms with E-state index in [1.54, 1.807) is 0 Å². The van der Waals surface area contributed by atoms with Crippen molar-refractivity contribution in [2.45, 2.75) is 11.4 Å². The summed E-state index contributed by atoms with van der Waals surface area (Å²) in [5, 5.41) is 9.53. The minimum atomic E-state index is -3.61. The largest absolute Gasteiger partial charge is 0.243 e. The molecule has 2 aromatic carbocycles. The lowest BCUT2D eigenvalue weighted by Gasteiger charge is -2.15. The second-order valence-corrected chi connectivity index (χ2v) is 8.13. The van der Waals surface area contributed by atoms with Gasteiger partial charge < -0.3 is 0 Å². The highest BCUT2D eigenvalue weighted by molar-refractivity contribution is 7.89. The maximum Gasteiger partial charge on any atom is 0.243 e. The van der Waals surface area contributed by atoms with Crippen LogP contribution in [0.25, 0.3) is 10.2 Å². The molecule has 5 nitrogen and oxygen atoms in total. The van der Waals surface area contributed by atoms with E-state index in [1.165, 1.54) is 47.0 Å². The lowest BCUT2D eigenvalue weighted by molar-refractivity contribution is 0.466. The first-order valence-electron chi connectivity index (χ1n) is 6.81. The molecular weight excluding hydrogens is 330 g/mol. The van der Waals surface area contributed by atoms with Gasteiger partial charge in [-0.3, -0.25) is 0 Å². The highest BCUT2D eigenvalue weighted by Gasteiger charge is 2.22. The van der Waals surface area contributed by atoms with Gasteiger partial charge in [-0.2, -0.15) is 9.57 Å². The molecule has 0 unspecified atom stereocenters. The molecule has 0 fully saturated rings. The first kappa shape index (κ1) is 15.6. The first-order chi connectivity index (χ1) is 11.0. The molecule has 0 radical (unpaired) electrons. The van der Waals surface area contributed by atoms with Gasteiger partial charge in [0.15, 0.2) is 0 Å².